The summed E-state index contributed by atoms with van der Waals surface area (Å²) in [6.07, 6.45) is 2.57. The zero-order chi connectivity index (χ0) is 11.1. The number of nitrogens with two attached hydrogens (primary N) is 1. The van der Waals surface area contributed by atoms with Gasteiger partial charge in [-0.3, -0.25) is 0 Å². The van der Waals surface area contributed by atoms with Crippen LogP contribution < -0.4 is 5.73 Å². The van der Waals surface area contributed by atoms with Crippen molar-refractivity contribution in [1.82, 2.24) is 0 Å². The molecule has 0 radical (unpaired) electrons. The van der Waals surface area contributed by atoms with Crippen molar-refractivity contribution in [3.8, 4) is 0 Å². The highest BCUT2D eigenvalue weighted by Gasteiger charge is 1.97. The fourth-order valence-corrected chi connectivity index (χ4v) is 2.40. The van der Waals surface area contributed by atoms with Gasteiger partial charge in [0.1, 0.15) is 4.99 Å². The number of hydrogen-bond donors (Lipinski definition) is 1. The maximum absolute atomic E-state index is 5.53. The molecule has 1 rings (SSSR count). The Morgan fingerprint density at radius 2 is 2.00 bits per heavy atom. The van der Waals surface area contributed by atoms with Crippen LogP contribution >= 0.6 is 24.0 Å². The third kappa shape index (κ3) is 4.67. The van der Waals surface area contributed by atoms with Crippen LogP contribution in [0.25, 0.3) is 0 Å². The van der Waals surface area contributed by atoms with Gasteiger partial charge in [0.2, 0.25) is 0 Å². The van der Waals surface area contributed by atoms with E-state index in [2.05, 4.69) is 19.1 Å². The average Bonchev–Trinajstić information content (AvgIpc) is 2.25. The third-order valence-corrected chi connectivity index (χ3v) is 3.50. The SMILES string of the molecule is CCCCSCc1ccc(C(N)=S)cc1. The maximum Gasteiger partial charge on any atom is 0.103 e. The van der Waals surface area contributed by atoms with Gasteiger partial charge in [0.05, 0.1) is 0 Å². The van der Waals surface area contributed by atoms with Crippen LogP contribution in [-0.4, -0.2) is 10.7 Å². The lowest BCUT2D eigenvalue weighted by Gasteiger charge is -2.02. The number of benzene rings is 1. The molecule has 2 N–H and O–H groups in total. The minimum Gasteiger partial charge on any atom is -0.389 e. The molecule has 0 atom stereocenters. The summed E-state index contributed by atoms with van der Waals surface area (Å²) in [6.45, 7) is 2.22. The van der Waals surface area contributed by atoms with Gasteiger partial charge in [-0.25, -0.2) is 0 Å². The summed E-state index contributed by atoms with van der Waals surface area (Å²) in [5.74, 6) is 2.32. The molecular formula is C12H17NS2. The first-order valence-corrected chi connectivity index (χ1v) is 6.77. The molecule has 3 heteroatoms. The van der Waals surface area contributed by atoms with Crippen molar-refractivity contribution in [2.24, 2.45) is 5.73 Å². The first-order chi connectivity index (χ1) is 7.24. The number of thioether (sulfide) groups is 1. The fraction of sp³-hybridized carbons (Fsp3) is 0.417. The minimum absolute atomic E-state index is 0.472. The fourth-order valence-electron chi connectivity index (χ4n) is 1.20. The van der Waals surface area contributed by atoms with Crippen molar-refractivity contribution < 1.29 is 0 Å². The summed E-state index contributed by atoms with van der Waals surface area (Å²) < 4.78 is 0. The van der Waals surface area contributed by atoms with Crippen molar-refractivity contribution in [2.75, 3.05) is 5.75 Å². The summed E-state index contributed by atoms with van der Waals surface area (Å²) in [5.41, 5.74) is 7.82. The standard InChI is InChI=1S/C12H17NS2/c1-2-3-8-15-9-10-4-6-11(7-5-10)12(13)14/h4-7H,2-3,8-9H2,1H3,(H2,13,14). The second kappa shape index (κ2) is 6.85. The summed E-state index contributed by atoms with van der Waals surface area (Å²) in [5, 5.41) is 0. The van der Waals surface area contributed by atoms with Gasteiger partial charge < -0.3 is 5.73 Å². The second-order valence-corrected chi connectivity index (χ2v) is 5.01. The van der Waals surface area contributed by atoms with E-state index in [1.807, 2.05) is 23.9 Å². The van der Waals surface area contributed by atoms with E-state index in [4.69, 9.17) is 18.0 Å². The Balaban J connectivity index is 2.39. The van der Waals surface area contributed by atoms with Crippen LogP contribution in [0.2, 0.25) is 0 Å². The molecule has 1 nitrogen and oxygen atoms in total. The van der Waals surface area contributed by atoms with Crippen molar-refractivity contribution in [2.45, 2.75) is 25.5 Å². The lowest BCUT2D eigenvalue weighted by molar-refractivity contribution is 0.896. The molecule has 0 aliphatic heterocycles. The summed E-state index contributed by atoms with van der Waals surface area (Å²) in [7, 11) is 0. The molecule has 1 aromatic rings. The molecule has 0 aromatic heterocycles. The molecule has 15 heavy (non-hydrogen) atoms. The van der Waals surface area contributed by atoms with Crippen molar-refractivity contribution in [3.05, 3.63) is 35.4 Å². The lowest BCUT2D eigenvalue weighted by Crippen LogP contribution is -2.08. The molecule has 0 bridgehead atoms. The largest absolute Gasteiger partial charge is 0.389 e. The Bertz CT molecular complexity index is 306. The van der Waals surface area contributed by atoms with E-state index in [-0.39, 0.29) is 0 Å². The number of unbranched alkanes of at least 4 members (excludes halogenated alkanes) is 1. The normalized spacial score (nSPS) is 10.2. The van der Waals surface area contributed by atoms with E-state index in [1.165, 1.54) is 24.2 Å². The van der Waals surface area contributed by atoms with Crippen LogP contribution in [0.15, 0.2) is 24.3 Å². The minimum atomic E-state index is 0.472. The summed E-state index contributed by atoms with van der Waals surface area (Å²) in [4.78, 5) is 0.472. The van der Waals surface area contributed by atoms with Gasteiger partial charge in [0.25, 0.3) is 0 Å². The number of rotatable bonds is 6. The molecule has 0 aliphatic rings. The Hall–Kier alpha value is -0.540. The van der Waals surface area contributed by atoms with E-state index >= 15 is 0 Å². The first-order valence-electron chi connectivity index (χ1n) is 5.20. The van der Waals surface area contributed by atoms with Crippen LogP contribution in [0.3, 0.4) is 0 Å². The zero-order valence-electron chi connectivity index (χ0n) is 9.03. The van der Waals surface area contributed by atoms with Crippen LogP contribution in [0, 0.1) is 0 Å². The molecule has 0 unspecified atom stereocenters. The van der Waals surface area contributed by atoms with E-state index in [9.17, 15) is 0 Å². The van der Waals surface area contributed by atoms with Crippen LogP contribution in [0.4, 0.5) is 0 Å². The summed E-state index contributed by atoms with van der Waals surface area (Å²) in [6, 6.07) is 8.21. The van der Waals surface area contributed by atoms with Crippen LogP contribution in [-0.2, 0) is 5.75 Å². The Labute approximate surface area is 101 Å². The molecule has 0 saturated heterocycles. The third-order valence-electron chi connectivity index (χ3n) is 2.15. The molecule has 82 valence electrons. The Morgan fingerprint density at radius 3 is 2.53 bits per heavy atom. The molecule has 0 fully saturated rings. The van der Waals surface area contributed by atoms with Gasteiger partial charge in [0.15, 0.2) is 0 Å². The van der Waals surface area contributed by atoms with E-state index in [0.717, 1.165) is 11.3 Å². The lowest BCUT2D eigenvalue weighted by atomic mass is 10.1. The highest BCUT2D eigenvalue weighted by Crippen LogP contribution is 2.14. The van der Waals surface area contributed by atoms with Crippen LogP contribution in [0.5, 0.6) is 0 Å². The molecule has 0 spiro atoms. The van der Waals surface area contributed by atoms with Gasteiger partial charge in [-0.1, -0.05) is 49.8 Å². The summed E-state index contributed by atoms with van der Waals surface area (Å²) >= 11 is 6.88. The molecule has 1 aromatic carbocycles. The Morgan fingerprint density at radius 1 is 1.33 bits per heavy atom. The highest BCUT2D eigenvalue weighted by molar-refractivity contribution is 7.98. The molecule has 0 aliphatic carbocycles. The number of hydrogen-bond acceptors (Lipinski definition) is 2. The van der Waals surface area contributed by atoms with Gasteiger partial charge >= 0.3 is 0 Å². The first kappa shape index (κ1) is 12.5. The van der Waals surface area contributed by atoms with E-state index in [1.54, 1.807) is 0 Å². The van der Waals surface area contributed by atoms with Crippen molar-refractivity contribution >= 4 is 29.0 Å². The predicted molar refractivity (Wildman–Crippen MR) is 73.4 cm³/mol. The average molecular weight is 239 g/mol. The topological polar surface area (TPSA) is 26.0 Å². The molecular weight excluding hydrogens is 222 g/mol. The zero-order valence-corrected chi connectivity index (χ0v) is 10.7. The smallest absolute Gasteiger partial charge is 0.103 e. The van der Waals surface area contributed by atoms with E-state index in [0.29, 0.717) is 4.99 Å². The second-order valence-electron chi connectivity index (χ2n) is 3.47. The van der Waals surface area contributed by atoms with Gasteiger partial charge in [-0.2, -0.15) is 11.8 Å². The van der Waals surface area contributed by atoms with Crippen LogP contribution in [0.1, 0.15) is 30.9 Å². The molecule has 0 amide bonds. The Kier molecular flexibility index (Phi) is 5.73. The van der Waals surface area contributed by atoms with Crippen molar-refractivity contribution in [3.63, 3.8) is 0 Å². The van der Waals surface area contributed by atoms with Gasteiger partial charge in [0, 0.05) is 11.3 Å². The van der Waals surface area contributed by atoms with Gasteiger partial charge in [-0.15, -0.1) is 0 Å². The molecule has 0 saturated carbocycles. The highest BCUT2D eigenvalue weighted by atomic mass is 32.2. The quantitative estimate of drug-likeness (QED) is 0.609. The molecule has 0 heterocycles. The number of thiocarbonyl (C=S) groups is 1. The van der Waals surface area contributed by atoms with Gasteiger partial charge in [-0.05, 0) is 17.7 Å². The predicted octanol–water partition coefficient (Wildman–Crippen LogP) is 3.35. The van der Waals surface area contributed by atoms with E-state index < -0.39 is 0 Å². The maximum atomic E-state index is 5.53. The van der Waals surface area contributed by atoms with Crippen molar-refractivity contribution in [1.29, 1.82) is 0 Å². The monoisotopic (exact) mass is 239 g/mol.